The van der Waals surface area contributed by atoms with Gasteiger partial charge in [0.15, 0.2) is 5.69 Å². The SMILES string of the molecule is CS(=O)(=O)Nc1ccccc1NC(=O)c1cc(C2CC2)[nH]n1. The Morgan fingerprint density at radius 1 is 1.27 bits per heavy atom. The molecule has 1 amide bonds. The van der Waals surface area contributed by atoms with Crippen LogP contribution in [0.15, 0.2) is 30.3 Å². The van der Waals surface area contributed by atoms with E-state index in [1.54, 1.807) is 30.3 Å². The molecule has 1 fully saturated rings. The third-order valence-electron chi connectivity index (χ3n) is 3.32. The van der Waals surface area contributed by atoms with Crippen LogP contribution in [0.25, 0.3) is 0 Å². The van der Waals surface area contributed by atoms with Crippen molar-refractivity contribution in [2.45, 2.75) is 18.8 Å². The molecular formula is C14H16N4O3S. The molecular weight excluding hydrogens is 304 g/mol. The fourth-order valence-corrected chi connectivity index (χ4v) is 2.70. The molecule has 22 heavy (non-hydrogen) atoms. The minimum Gasteiger partial charge on any atom is -0.319 e. The first-order valence-electron chi connectivity index (χ1n) is 6.86. The Balaban J connectivity index is 1.78. The first-order chi connectivity index (χ1) is 10.4. The van der Waals surface area contributed by atoms with Gasteiger partial charge in [-0.05, 0) is 31.0 Å². The average Bonchev–Trinajstić information content (AvgIpc) is 3.17. The number of carbonyl (C=O) groups excluding carboxylic acids is 1. The lowest BCUT2D eigenvalue weighted by Gasteiger charge is -2.10. The molecule has 0 aliphatic heterocycles. The summed E-state index contributed by atoms with van der Waals surface area (Å²) in [6.45, 7) is 0. The maximum absolute atomic E-state index is 12.2. The summed E-state index contributed by atoms with van der Waals surface area (Å²) in [6, 6.07) is 8.34. The molecule has 0 bridgehead atoms. The largest absolute Gasteiger partial charge is 0.319 e. The molecule has 7 nitrogen and oxygen atoms in total. The molecule has 8 heteroatoms. The van der Waals surface area contributed by atoms with Crippen LogP contribution in [-0.4, -0.2) is 30.8 Å². The molecule has 1 aliphatic carbocycles. The molecule has 0 unspecified atom stereocenters. The number of H-pyrrole nitrogens is 1. The number of benzene rings is 1. The van der Waals surface area contributed by atoms with Crippen molar-refractivity contribution in [2.75, 3.05) is 16.3 Å². The van der Waals surface area contributed by atoms with Crippen LogP contribution in [0, 0.1) is 0 Å². The number of amides is 1. The van der Waals surface area contributed by atoms with Gasteiger partial charge >= 0.3 is 0 Å². The smallest absolute Gasteiger partial charge is 0.276 e. The molecule has 1 saturated carbocycles. The Bertz CT molecular complexity index is 809. The third-order valence-corrected chi connectivity index (χ3v) is 3.91. The number of aromatic amines is 1. The lowest BCUT2D eigenvalue weighted by Crippen LogP contribution is -2.16. The van der Waals surface area contributed by atoms with Crippen molar-refractivity contribution in [1.29, 1.82) is 0 Å². The predicted octanol–water partition coefficient (Wildman–Crippen LogP) is 1.91. The van der Waals surface area contributed by atoms with Crippen LogP contribution < -0.4 is 10.0 Å². The summed E-state index contributed by atoms with van der Waals surface area (Å²) in [4.78, 5) is 12.2. The Kier molecular flexibility index (Phi) is 3.61. The second kappa shape index (κ2) is 5.45. The van der Waals surface area contributed by atoms with Gasteiger partial charge in [-0.1, -0.05) is 12.1 Å². The maximum Gasteiger partial charge on any atom is 0.276 e. The van der Waals surface area contributed by atoms with E-state index in [-0.39, 0.29) is 11.6 Å². The normalized spacial score (nSPS) is 14.6. The molecule has 116 valence electrons. The number of hydrogen-bond acceptors (Lipinski definition) is 4. The summed E-state index contributed by atoms with van der Waals surface area (Å²) < 4.78 is 25.1. The molecule has 1 heterocycles. The summed E-state index contributed by atoms with van der Waals surface area (Å²) in [7, 11) is -3.42. The Hall–Kier alpha value is -2.35. The van der Waals surface area contributed by atoms with E-state index in [2.05, 4.69) is 20.2 Å². The highest BCUT2D eigenvalue weighted by molar-refractivity contribution is 7.92. The molecule has 0 atom stereocenters. The van der Waals surface area contributed by atoms with Gasteiger partial charge < -0.3 is 5.32 Å². The molecule has 0 saturated heterocycles. The lowest BCUT2D eigenvalue weighted by atomic mass is 10.2. The van der Waals surface area contributed by atoms with Crippen molar-refractivity contribution in [2.24, 2.45) is 0 Å². The van der Waals surface area contributed by atoms with Crippen LogP contribution in [0.5, 0.6) is 0 Å². The number of carbonyl (C=O) groups is 1. The summed E-state index contributed by atoms with van der Waals surface area (Å²) >= 11 is 0. The fourth-order valence-electron chi connectivity index (χ4n) is 2.12. The molecule has 1 aromatic carbocycles. The first-order valence-corrected chi connectivity index (χ1v) is 8.75. The second-order valence-electron chi connectivity index (χ2n) is 5.36. The zero-order chi connectivity index (χ0) is 15.7. The summed E-state index contributed by atoms with van der Waals surface area (Å²) in [5.74, 6) is 0.0964. The lowest BCUT2D eigenvalue weighted by molar-refractivity contribution is 0.102. The van der Waals surface area contributed by atoms with E-state index in [1.807, 2.05) is 0 Å². The number of hydrogen-bond donors (Lipinski definition) is 3. The monoisotopic (exact) mass is 320 g/mol. The standard InChI is InChI=1S/C14H16N4O3S/c1-22(20,21)18-11-5-3-2-4-10(11)15-14(19)13-8-12(16-17-13)9-6-7-9/h2-5,8-9,18H,6-7H2,1H3,(H,15,19)(H,16,17). The van der Waals surface area contributed by atoms with Crippen LogP contribution in [0.1, 0.15) is 34.9 Å². The number of nitrogens with one attached hydrogen (secondary N) is 3. The Morgan fingerprint density at radius 2 is 1.95 bits per heavy atom. The van der Waals surface area contributed by atoms with E-state index in [4.69, 9.17) is 0 Å². The van der Waals surface area contributed by atoms with Crippen LogP contribution in [-0.2, 0) is 10.0 Å². The highest BCUT2D eigenvalue weighted by atomic mass is 32.2. The van der Waals surface area contributed by atoms with Gasteiger partial charge in [0.25, 0.3) is 5.91 Å². The van der Waals surface area contributed by atoms with E-state index in [0.29, 0.717) is 17.3 Å². The molecule has 1 aliphatic rings. The number of para-hydroxylation sites is 2. The second-order valence-corrected chi connectivity index (χ2v) is 7.11. The van der Waals surface area contributed by atoms with Crippen LogP contribution in [0.2, 0.25) is 0 Å². The van der Waals surface area contributed by atoms with Gasteiger partial charge in [-0.15, -0.1) is 0 Å². The minimum atomic E-state index is -3.42. The quantitative estimate of drug-likeness (QED) is 0.782. The van der Waals surface area contributed by atoms with Gasteiger partial charge in [0.1, 0.15) is 0 Å². The van der Waals surface area contributed by atoms with E-state index >= 15 is 0 Å². The fraction of sp³-hybridized carbons (Fsp3) is 0.286. The maximum atomic E-state index is 12.2. The van der Waals surface area contributed by atoms with Gasteiger partial charge in [0, 0.05) is 11.6 Å². The topological polar surface area (TPSA) is 104 Å². The number of aromatic nitrogens is 2. The van der Waals surface area contributed by atoms with E-state index in [0.717, 1.165) is 24.8 Å². The molecule has 0 spiro atoms. The molecule has 3 rings (SSSR count). The van der Waals surface area contributed by atoms with Gasteiger partial charge in [0.2, 0.25) is 10.0 Å². The van der Waals surface area contributed by atoms with Crippen LogP contribution in [0.3, 0.4) is 0 Å². The molecule has 2 aromatic rings. The minimum absolute atomic E-state index is 0.288. The molecule has 1 aromatic heterocycles. The highest BCUT2D eigenvalue weighted by Crippen LogP contribution is 2.39. The average molecular weight is 320 g/mol. The molecule has 0 radical (unpaired) electrons. The van der Waals surface area contributed by atoms with Crippen LogP contribution in [0.4, 0.5) is 11.4 Å². The van der Waals surface area contributed by atoms with E-state index in [9.17, 15) is 13.2 Å². The summed E-state index contributed by atoms with van der Waals surface area (Å²) in [6.07, 6.45) is 3.29. The Labute approximate surface area is 128 Å². The summed E-state index contributed by atoms with van der Waals surface area (Å²) in [5.41, 5.74) is 1.95. The Morgan fingerprint density at radius 3 is 2.59 bits per heavy atom. The van der Waals surface area contributed by atoms with Crippen molar-refractivity contribution in [3.8, 4) is 0 Å². The van der Waals surface area contributed by atoms with Crippen LogP contribution >= 0.6 is 0 Å². The third kappa shape index (κ3) is 3.45. The first kappa shape index (κ1) is 14.6. The van der Waals surface area contributed by atoms with E-state index in [1.165, 1.54) is 0 Å². The zero-order valence-electron chi connectivity index (χ0n) is 12.0. The number of nitrogens with zero attached hydrogens (tertiary/aromatic N) is 1. The van der Waals surface area contributed by atoms with Crippen molar-refractivity contribution >= 4 is 27.3 Å². The number of rotatable bonds is 5. The van der Waals surface area contributed by atoms with Crippen molar-refractivity contribution in [3.05, 3.63) is 41.7 Å². The highest BCUT2D eigenvalue weighted by Gasteiger charge is 2.26. The zero-order valence-corrected chi connectivity index (χ0v) is 12.8. The van der Waals surface area contributed by atoms with Crippen molar-refractivity contribution in [1.82, 2.24) is 10.2 Å². The van der Waals surface area contributed by atoms with Gasteiger partial charge in [-0.3, -0.25) is 14.6 Å². The number of sulfonamides is 1. The number of anilines is 2. The predicted molar refractivity (Wildman–Crippen MR) is 83.4 cm³/mol. The van der Waals surface area contributed by atoms with Crippen molar-refractivity contribution in [3.63, 3.8) is 0 Å². The van der Waals surface area contributed by atoms with E-state index < -0.39 is 10.0 Å². The van der Waals surface area contributed by atoms with Gasteiger partial charge in [-0.25, -0.2) is 8.42 Å². The summed E-state index contributed by atoms with van der Waals surface area (Å²) in [5, 5.41) is 9.54. The van der Waals surface area contributed by atoms with Crippen molar-refractivity contribution < 1.29 is 13.2 Å². The molecule has 3 N–H and O–H groups in total. The van der Waals surface area contributed by atoms with Gasteiger partial charge in [-0.2, -0.15) is 5.10 Å². The van der Waals surface area contributed by atoms with Gasteiger partial charge in [0.05, 0.1) is 17.6 Å².